The number of nitrogens with one attached hydrogen (secondary N) is 1. The fourth-order valence-corrected chi connectivity index (χ4v) is 2.25. The van der Waals surface area contributed by atoms with Gasteiger partial charge in [-0.25, -0.2) is 4.79 Å². The van der Waals surface area contributed by atoms with Gasteiger partial charge in [0.15, 0.2) is 0 Å². The molecule has 0 aliphatic carbocycles. The molecule has 1 aromatic rings. The van der Waals surface area contributed by atoms with E-state index in [2.05, 4.69) is 21.2 Å². The Balaban J connectivity index is 2.34. The molecule has 1 aliphatic rings. The molecule has 1 aromatic carbocycles. The molecule has 2 rings (SSSR count). The fourth-order valence-electron chi connectivity index (χ4n) is 1.98. The standard InChI is InChI=1S/C13H12BrNO3/c1-2-18-12-10(7-16)13(17)15-11(12)8-3-5-9(14)6-4-8/h3-6,11-12H,2H2,1H3,(H,15,17). The first-order chi connectivity index (χ1) is 8.67. The summed E-state index contributed by atoms with van der Waals surface area (Å²) in [4.78, 5) is 22.5. The number of benzene rings is 1. The molecule has 1 amide bonds. The SMILES string of the molecule is CCOC1C(=C=O)C(=O)NC1c1ccc(Br)cc1. The highest BCUT2D eigenvalue weighted by molar-refractivity contribution is 9.10. The van der Waals surface area contributed by atoms with E-state index in [9.17, 15) is 9.59 Å². The molecule has 1 N–H and O–H groups in total. The highest BCUT2D eigenvalue weighted by Crippen LogP contribution is 2.30. The third-order valence-corrected chi connectivity index (χ3v) is 3.33. The average Bonchev–Trinajstić information content (AvgIpc) is 2.67. The van der Waals surface area contributed by atoms with Crippen LogP contribution in [0.5, 0.6) is 0 Å². The van der Waals surface area contributed by atoms with Gasteiger partial charge in [0.2, 0.25) is 0 Å². The molecule has 0 spiro atoms. The quantitative estimate of drug-likeness (QED) is 0.684. The van der Waals surface area contributed by atoms with Crippen molar-refractivity contribution in [3.05, 3.63) is 39.9 Å². The van der Waals surface area contributed by atoms with E-state index in [-0.39, 0.29) is 11.6 Å². The lowest BCUT2D eigenvalue weighted by Crippen LogP contribution is -2.24. The van der Waals surface area contributed by atoms with Crippen LogP contribution in [0.15, 0.2) is 34.3 Å². The predicted octanol–water partition coefficient (Wildman–Crippen LogP) is 1.78. The second-order valence-electron chi connectivity index (χ2n) is 3.89. The molecule has 1 saturated heterocycles. The fraction of sp³-hybridized carbons (Fsp3) is 0.308. The van der Waals surface area contributed by atoms with Gasteiger partial charge in [-0.2, -0.15) is 0 Å². The zero-order chi connectivity index (χ0) is 13.1. The smallest absolute Gasteiger partial charge is 0.261 e. The van der Waals surface area contributed by atoms with Crippen molar-refractivity contribution in [1.82, 2.24) is 5.32 Å². The maximum absolute atomic E-state index is 11.6. The normalized spacial score (nSPS) is 22.8. The molecular weight excluding hydrogens is 298 g/mol. The first-order valence-corrected chi connectivity index (χ1v) is 6.39. The summed E-state index contributed by atoms with van der Waals surface area (Å²) in [5.41, 5.74) is 0.931. The molecule has 0 bridgehead atoms. The van der Waals surface area contributed by atoms with E-state index in [1.165, 1.54) is 0 Å². The molecule has 2 atom stereocenters. The van der Waals surface area contributed by atoms with Crippen molar-refractivity contribution in [3.63, 3.8) is 0 Å². The van der Waals surface area contributed by atoms with Crippen molar-refractivity contribution in [2.24, 2.45) is 0 Å². The second kappa shape index (κ2) is 5.48. The van der Waals surface area contributed by atoms with Crippen LogP contribution < -0.4 is 5.32 Å². The Morgan fingerprint density at radius 1 is 1.39 bits per heavy atom. The van der Waals surface area contributed by atoms with Crippen molar-refractivity contribution in [3.8, 4) is 0 Å². The molecule has 0 aromatic heterocycles. The van der Waals surface area contributed by atoms with Gasteiger partial charge >= 0.3 is 0 Å². The lowest BCUT2D eigenvalue weighted by atomic mass is 10.0. The van der Waals surface area contributed by atoms with Crippen LogP contribution in [0.4, 0.5) is 0 Å². The van der Waals surface area contributed by atoms with E-state index in [0.29, 0.717) is 6.61 Å². The predicted molar refractivity (Wildman–Crippen MR) is 69.6 cm³/mol. The van der Waals surface area contributed by atoms with Gasteiger partial charge in [-0.15, -0.1) is 0 Å². The van der Waals surface area contributed by atoms with Gasteiger partial charge in [0.05, 0.1) is 6.04 Å². The number of ether oxygens (including phenoxy) is 1. The van der Waals surface area contributed by atoms with E-state index in [0.717, 1.165) is 10.0 Å². The van der Waals surface area contributed by atoms with E-state index < -0.39 is 12.0 Å². The van der Waals surface area contributed by atoms with Gasteiger partial charge in [-0.05, 0) is 24.6 Å². The first-order valence-electron chi connectivity index (χ1n) is 5.60. The molecule has 1 fully saturated rings. The number of halogens is 1. The number of carbonyl (C=O) groups is 1. The van der Waals surface area contributed by atoms with Crippen LogP contribution in [0, 0.1) is 0 Å². The van der Waals surface area contributed by atoms with Gasteiger partial charge in [-0.1, -0.05) is 28.1 Å². The molecule has 18 heavy (non-hydrogen) atoms. The Bertz CT molecular complexity index is 505. The summed E-state index contributed by atoms with van der Waals surface area (Å²) in [5.74, 6) is 1.27. The van der Waals surface area contributed by atoms with E-state index in [4.69, 9.17) is 4.74 Å². The van der Waals surface area contributed by atoms with Gasteiger partial charge in [0.1, 0.15) is 17.6 Å². The van der Waals surface area contributed by atoms with Crippen LogP contribution >= 0.6 is 15.9 Å². The lowest BCUT2D eigenvalue weighted by molar-refractivity contribution is -0.116. The van der Waals surface area contributed by atoms with E-state index >= 15 is 0 Å². The van der Waals surface area contributed by atoms with Crippen LogP contribution in [0.25, 0.3) is 0 Å². The number of rotatable bonds is 3. The molecule has 94 valence electrons. The summed E-state index contributed by atoms with van der Waals surface area (Å²) < 4.78 is 6.43. The monoisotopic (exact) mass is 309 g/mol. The summed E-state index contributed by atoms with van der Waals surface area (Å²) in [6, 6.07) is 7.20. The lowest BCUT2D eigenvalue weighted by Gasteiger charge is -2.18. The Morgan fingerprint density at radius 2 is 2.06 bits per heavy atom. The van der Waals surface area contributed by atoms with Crippen LogP contribution in [-0.2, 0) is 14.3 Å². The van der Waals surface area contributed by atoms with Crippen molar-refractivity contribution in [2.75, 3.05) is 6.61 Å². The molecule has 0 saturated carbocycles. The average molecular weight is 310 g/mol. The minimum absolute atomic E-state index is 0.0322. The maximum Gasteiger partial charge on any atom is 0.261 e. The molecular formula is C13H12BrNO3. The number of amides is 1. The minimum Gasteiger partial charge on any atom is -0.370 e. The summed E-state index contributed by atoms with van der Waals surface area (Å²) in [5, 5.41) is 2.75. The van der Waals surface area contributed by atoms with Crippen LogP contribution in [-0.4, -0.2) is 24.6 Å². The number of hydrogen-bond acceptors (Lipinski definition) is 3. The van der Waals surface area contributed by atoms with Crippen LogP contribution in [0.2, 0.25) is 0 Å². The molecule has 1 heterocycles. The van der Waals surface area contributed by atoms with Gasteiger partial charge < -0.3 is 10.1 Å². The minimum atomic E-state index is -0.568. The van der Waals surface area contributed by atoms with Crippen molar-refractivity contribution in [2.45, 2.75) is 19.1 Å². The summed E-state index contributed by atoms with van der Waals surface area (Å²) in [7, 11) is 0. The Morgan fingerprint density at radius 3 is 2.61 bits per heavy atom. The van der Waals surface area contributed by atoms with E-state index in [1.54, 1.807) is 5.94 Å². The number of hydrogen-bond donors (Lipinski definition) is 1. The zero-order valence-electron chi connectivity index (χ0n) is 9.77. The maximum atomic E-state index is 11.6. The largest absolute Gasteiger partial charge is 0.370 e. The molecule has 4 nitrogen and oxygen atoms in total. The molecule has 5 heteroatoms. The van der Waals surface area contributed by atoms with Gasteiger partial charge in [-0.3, -0.25) is 4.79 Å². The van der Waals surface area contributed by atoms with Crippen molar-refractivity contribution < 1.29 is 14.3 Å². The van der Waals surface area contributed by atoms with E-state index in [1.807, 2.05) is 31.2 Å². The highest BCUT2D eigenvalue weighted by atomic mass is 79.9. The van der Waals surface area contributed by atoms with Crippen LogP contribution in [0.1, 0.15) is 18.5 Å². The Labute approximate surface area is 113 Å². The summed E-state index contributed by atoms with van der Waals surface area (Å²) in [6.07, 6.45) is -0.568. The van der Waals surface area contributed by atoms with Crippen molar-refractivity contribution >= 4 is 27.8 Å². The van der Waals surface area contributed by atoms with Crippen LogP contribution in [0.3, 0.4) is 0 Å². The van der Waals surface area contributed by atoms with Gasteiger partial charge in [0, 0.05) is 11.1 Å². The Hall–Kier alpha value is -1.42. The third kappa shape index (κ3) is 2.38. The molecule has 0 radical (unpaired) electrons. The first kappa shape index (κ1) is 13.0. The second-order valence-corrected chi connectivity index (χ2v) is 4.81. The van der Waals surface area contributed by atoms with Gasteiger partial charge in [0.25, 0.3) is 5.91 Å². The third-order valence-electron chi connectivity index (χ3n) is 2.80. The topological polar surface area (TPSA) is 55.4 Å². The highest BCUT2D eigenvalue weighted by Gasteiger charge is 2.40. The molecule has 1 aliphatic heterocycles. The number of carbonyl (C=O) groups excluding carboxylic acids is 2. The Kier molecular flexibility index (Phi) is 3.97. The zero-order valence-corrected chi connectivity index (χ0v) is 11.4. The van der Waals surface area contributed by atoms with Crippen molar-refractivity contribution in [1.29, 1.82) is 0 Å². The molecule has 2 unspecified atom stereocenters. The summed E-state index contributed by atoms with van der Waals surface area (Å²) in [6.45, 7) is 2.25. The summed E-state index contributed by atoms with van der Waals surface area (Å²) >= 11 is 3.35.